The molecule has 3 aliphatic heterocycles. The van der Waals surface area contributed by atoms with E-state index in [1.807, 2.05) is 47.4 Å². The summed E-state index contributed by atoms with van der Waals surface area (Å²) < 4.78 is 11.4. The van der Waals surface area contributed by atoms with Gasteiger partial charge in [-0.3, -0.25) is 9.59 Å². The van der Waals surface area contributed by atoms with Gasteiger partial charge in [0.1, 0.15) is 17.5 Å². The van der Waals surface area contributed by atoms with Crippen molar-refractivity contribution in [2.24, 2.45) is 0 Å². The molecule has 2 fully saturated rings. The quantitative estimate of drug-likeness (QED) is 0.698. The summed E-state index contributed by atoms with van der Waals surface area (Å²) in [7, 11) is 1.64. The Morgan fingerprint density at radius 1 is 1.10 bits per heavy atom. The lowest BCUT2D eigenvalue weighted by atomic mass is 9.95. The molecule has 0 aliphatic carbocycles. The van der Waals surface area contributed by atoms with Gasteiger partial charge in [-0.25, -0.2) is 10.9 Å². The third-order valence-corrected chi connectivity index (χ3v) is 6.38. The number of hydrogen-bond donors (Lipinski definition) is 3. The molecule has 31 heavy (non-hydrogen) atoms. The van der Waals surface area contributed by atoms with Gasteiger partial charge >= 0.3 is 0 Å². The summed E-state index contributed by atoms with van der Waals surface area (Å²) >= 11 is 0. The molecule has 2 amide bonds. The Balaban J connectivity index is 1.19. The first-order valence-corrected chi connectivity index (χ1v) is 10.6. The van der Waals surface area contributed by atoms with Gasteiger partial charge in [0.2, 0.25) is 5.91 Å². The average Bonchev–Trinajstić information content (AvgIpc) is 3.29. The van der Waals surface area contributed by atoms with Crippen LogP contribution < -0.4 is 25.6 Å². The first kappa shape index (κ1) is 19.8. The van der Waals surface area contributed by atoms with Crippen molar-refractivity contribution in [2.45, 2.75) is 37.1 Å². The number of likely N-dealkylation sites (tertiary alicyclic amines) is 1. The van der Waals surface area contributed by atoms with E-state index in [1.54, 1.807) is 13.2 Å². The average molecular weight is 422 g/mol. The molecule has 0 aromatic heterocycles. The highest BCUT2D eigenvalue weighted by atomic mass is 16.5. The summed E-state index contributed by atoms with van der Waals surface area (Å²) in [6.45, 7) is 1.07. The van der Waals surface area contributed by atoms with Crippen LogP contribution in [0.5, 0.6) is 11.5 Å². The lowest BCUT2D eigenvalue weighted by Gasteiger charge is -2.44. The smallest absolute Gasteiger partial charge is 0.258 e. The van der Waals surface area contributed by atoms with Crippen LogP contribution in [0, 0.1) is 0 Å². The Labute approximate surface area is 180 Å². The van der Waals surface area contributed by atoms with Crippen LogP contribution >= 0.6 is 0 Å². The van der Waals surface area contributed by atoms with Crippen LogP contribution in [-0.2, 0) is 4.79 Å². The number of piperidine rings is 1. The van der Waals surface area contributed by atoms with Crippen LogP contribution in [0.25, 0.3) is 0 Å². The van der Waals surface area contributed by atoms with E-state index in [1.165, 1.54) is 0 Å². The summed E-state index contributed by atoms with van der Waals surface area (Å²) in [4.78, 5) is 27.4. The van der Waals surface area contributed by atoms with Gasteiger partial charge in [0.25, 0.3) is 5.91 Å². The monoisotopic (exact) mass is 422 g/mol. The van der Waals surface area contributed by atoms with Crippen molar-refractivity contribution >= 4 is 11.8 Å². The number of methoxy groups -OCH3 is 1. The number of rotatable bonds is 3. The van der Waals surface area contributed by atoms with Crippen LogP contribution in [0.4, 0.5) is 0 Å². The maximum absolute atomic E-state index is 13.1. The number of nitrogens with one attached hydrogen (secondary N) is 3. The van der Waals surface area contributed by atoms with E-state index in [0.717, 1.165) is 11.3 Å². The van der Waals surface area contributed by atoms with Crippen LogP contribution in [0.15, 0.2) is 48.5 Å². The normalized spacial score (nSPS) is 24.3. The van der Waals surface area contributed by atoms with Crippen LogP contribution in [0.3, 0.4) is 0 Å². The number of hydrazine groups is 1. The van der Waals surface area contributed by atoms with Crippen molar-refractivity contribution < 1.29 is 19.1 Å². The Hall–Kier alpha value is -3.10. The van der Waals surface area contributed by atoms with Gasteiger partial charge in [-0.1, -0.05) is 24.3 Å². The zero-order chi connectivity index (χ0) is 21.4. The minimum Gasteiger partial charge on any atom is -0.497 e. The molecular formula is C23H26N4O4. The van der Waals surface area contributed by atoms with Crippen molar-refractivity contribution in [3.63, 3.8) is 0 Å². The van der Waals surface area contributed by atoms with Crippen LogP contribution in [-0.4, -0.2) is 48.7 Å². The molecule has 3 N–H and O–H groups in total. The van der Waals surface area contributed by atoms with Crippen molar-refractivity contribution in [1.29, 1.82) is 0 Å². The minimum atomic E-state index is -0.741. The van der Waals surface area contributed by atoms with E-state index in [0.29, 0.717) is 43.7 Å². The highest BCUT2D eigenvalue weighted by molar-refractivity contribution is 5.98. The van der Waals surface area contributed by atoms with Crippen molar-refractivity contribution in [3.05, 3.63) is 59.7 Å². The number of amides is 2. The molecule has 2 aromatic carbocycles. The van der Waals surface area contributed by atoms with Gasteiger partial charge in [-0.05, 0) is 36.2 Å². The lowest BCUT2D eigenvalue weighted by molar-refractivity contribution is -0.137. The molecule has 0 saturated carbocycles. The Kier molecular flexibility index (Phi) is 5.03. The Morgan fingerprint density at radius 3 is 2.58 bits per heavy atom. The van der Waals surface area contributed by atoms with Gasteiger partial charge < -0.3 is 19.7 Å². The number of ether oxygens (including phenoxy) is 2. The summed E-state index contributed by atoms with van der Waals surface area (Å²) in [5.41, 5.74) is 7.30. The van der Waals surface area contributed by atoms with Gasteiger partial charge in [-0.2, -0.15) is 0 Å². The first-order valence-electron chi connectivity index (χ1n) is 10.6. The zero-order valence-electron chi connectivity index (χ0n) is 17.4. The second-order valence-corrected chi connectivity index (χ2v) is 8.27. The molecule has 0 radical (unpaired) electrons. The lowest BCUT2D eigenvalue weighted by Crippen LogP contribution is -2.62. The topological polar surface area (TPSA) is 91.9 Å². The molecule has 8 nitrogen and oxygen atoms in total. The van der Waals surface area contributed by atoms with E-state index >= 15 is 0 Å². The van der Waals surface area contributed by atoms with Crippen molar-refractivity contribution in [3.8, 4) is 11.5 Å². The number of para-hydroxylation sites is 1. The fourth-order valence-electron chi connectivity index (χ4n) is 4.56. The number of carbonyl (C=O) groups excluding carboxylic acids is 2. The Bertz CT molecular complexity index is 985. The molecule has 5 rings (SSSR count). The van der Waals surface area contributed by atoms with E-state index < -0.39 is 5.72 Å². The summed E-state index contributed by atoms with van der Waals surface area (Å²) in [5, 5.41) is 3.02. The zero-order valence-corrected chi connectivity index (χ0v) is 17.4. The summed E-state index contributed by atoms with van der Waals surface area (Å²) in [6.07, 6.45) is 1.79. The largest absolute Gasteiger partial charge is 0.497 e. The summed E-state index contributed by atoms with van der Waals surface area (Å²) in [5.74, 6) is 1.37. The number of nitrogens with zero attached hydrogens (tertiary/aromatic N) is 1. The predicted molar refractivity (Wildman–Crippen MR) is 113 cm³/mol. The molecule has 8 heteroatoms. The van der Waals surface area contributed by atoms with Gasteiger partial charge in [-0.15, -0.1) is 0 Å². The molecule has 3 heterocycles. The number of benzene rings is 2. The molecular weight excluding hydrogens is 396 g/mol. The van der Waals surface area contributed by atoms with E-state index in [4.69, 9.17) is 9.47 Å². The third kappa shape index (κ3) is 3.73. The standard InChI is InChI=1S/C23H26N4O4/c1-30-16-8-6-15(7-9-16)18-14-19(26-25-18)22(29)27-12-10-23(11-13-27)24-21(28)17-4-2-3-5-20(17)31-23/h2-9,18-19,25-26H,10-14H2,1H3,(H,24,28). The molecule has 3 aliphatic rings. The summed E-state index contributed by atoms with van der Waals surface area (Å²) in [6, 6.07) is 14.9. The fourth-order valence-corrected chi connectivity index (χ4v) is 4.56. The number of hydrogen-bond acceptors (Lipinski definition) is 6. The van der Waals surface area contributed by atoms with Crippen molar-refractivity contribution in [2.75, 3.05) is 20.2 Å². The predicted octanol–water partition coefficient (Wildman–Crippen LogP) is 1.74. The highest BCUT2D eigenvalue weighted by Gasteiger charge is 2.44. The molecule has 162 valence electrons. The highest BCUT2D eigenvalue weighted by Crippen LogP contribution is 2.34. The maximum atomic E-state index is 13.1. The molecule has 2 unspecified atom stereocenters. The minimum absolute atomic E-state index is 0.0634. The van der Waals surface area contributed by atoms with Crippen LogP contribution in [0.2, 0.25) is 0 Å². The SMILES string of the molecule is COc1ccc(C2CC(C(=O)N3CCC4(CC3)NC(=O)c3ccccc3O4)NN2)cc1. The second-order valence-electron chi connectivity index (χ2n) is 8.27. The number of fused-ring (bicyclic) bond motifs is 1. The van der Waals surface area contributed by atoms with E-state index in [-0.39, 0.29) is 23.9 Å². The van der Waals surface area contributed by atoms with Gasteiger partial charge in [0.15, 0.2) is 5.72 Å². The van der Waals surface area contributed by atoms with Crippen LogP contribution in [0.1, 0.15) is 41.2 Å². The molecule has 0 bridgehead atoms. The van der Waals surface area contributed by atoms with Gasteiger partial charge in [0.05, 0.1) is 12.7 Å². The second kappa shape index (κ2) is 7.86. The first-order chi connectivity index (χ1) is 15.1. The third-order valence-electron chi connectivity index (χ3n) is 6.38. The van der Waals surface area contributed by atoms with E-state index in [9.17, 15) is 9.59 Å². The fraction of sp³-hybridized carbons (Fsp3) is 0.391. The Morgan fingerprint density at radius 2 is 1.84 bits per heavy atom. The molecule has 2 saturated heterocycles. The van der Waals surface area contributed by atoms with Crippen molar-refractivity contribution in [1.82, 2.24) is 21.1 Å². The number of carbonyl (C=O) groups is 2. The van der Waals surface area contributed by atoms with E-state index in [2.05, 4.69) is 16.2 Å². The molecule has 2 atom stereocenters. The maximum Gasteiger partial charge on any atom is 0.258 e. The molecule has 1 spiro atoms. The van der Waals surface area contributed by atoms with Gasteiger partial charge in [0, 0.05) is 32.0 Å². The molecule has 2 aromatic rings.